The van der Waals surface area contributed by atoms with Gasteiger partial charge in [0.05, 0.1) is 23.3 Å². The number of hydrogen-bond acceptors (Lipinski definition) is 7. The van der Waals surface area contributed by atoms with Crippen molar-refractivity contribution in [1.29, 1.82) is 0 Å². The lowest BCUT2D eigenvalue weighted by molar-refractivity contribution is 0.102. The number of thiazole rings is 1. The molecule has 4 rings (SSSR count). The summed E-state index contributed by atoms with van der Waals surface area (Å²) in [5, 5.41) is 10.8. The predicted molar refractivity (Wildman–Crippen MR) is 114 cm³/mol. The molecule has 0 radical (unpaired) electrons. The summed E-state index contributed by atoms with van der Waals surface area (Å²) in [6.07, 6.45) is 3.17. The minimum absolute atomic E-state index is 0.210. The van der Waals surface area contributed by atoms with E-state index in [1.54, 1.807) is 29.9 Å². The number of benzene rings is 1. The molecule has 8 nitrogen and oxygen atoms in total. The minimum atomic E-state index is -0.372. The fraction of sp³-hybridized carbons (Fsp3) is 0.200. The van der Waals surface area contributed by atoms with Crippen LogP contribution in [0.2, 0.25) is 0 Å². The van der Waals surface area contributed by atoms with E-state index in [4.69, 9.17) is 0 Å². The van der Waals surface area contributed by atoms with Crippen LogP contribution in [0.1, 0.15) is 20.3 Å². The first kappa shape index (κ1) is 19.0. The summed E-state index contributed by atoms with van der Waals surface area (Å²) in [5.41, 5.74) is 2.49. The van der Waals surface area contributed by atoms with E-state index >= 15 is 0 Å². The largest absolute Gasteiger partial charge is 0.367 e. The second kappa shape index (κ2) is 8.80. The van der Waals surface area contributed by atoms with Gasteiger partial charge in [0.25, 0.3) is 11.8 Å². The summed E-state index contributed by atoms with van der Waals surface area (Å²) in [6.45, 7) is 3.57. The number of nitrogens with one attached hydrogen (secondary N) is 3. The molecule has 0 spiro atoms. The Balaban J connectivity index is 1.45. The van der Waals surface area contributed by atoms with Crippen LogP contribution in [-0.4, -0.2) is 48.0 Å². The third kappa shape index (κ3) is 4.58. The van der Waals surface area contributed by atoms with Gasteiger partial charge in [-0.1, -0.05) is 12.1 Å². The molecule has 9 heteroatoms. The average molecular weight is 408 g/mol. The number of para-hydroxylation sites is 2. The van der Waals surface area contributed by atoms with Gasteiger partial charge in [-0.25, -0.2) is 4.98 Å². The van der Waals surface area contributed by atoms with Crippen LogP contribution in [0, 0.1) is 0 Å². The van der Waals surface area contributed by atoms with E-state index in [0.717, 1.165) is 48.9 Å². The van der Waals surface area contributed by atoms with E-state index in [-0.39, 0.29) is 22.5 Å². The predicted octanol–water partition coefficient (Wildman–Crippen LogP) is 2.45. The van der Waals surface area contributed by atoms with E-state index in [1.807, 2.05) is 24.3 Å². The third-order valence-corrected chi connectivity index (χ3v) is 5.30. The summed E-state index contributed by atoms with van der Waals surface area (Å²) in [5.74, 6) is -0.715. The second-order valence-corrected chi connectivity index (χ2v) is 7.30. The molecule has 3 aromatic rings. The van der Waals surface area contributed by atoms with E-state index in [0.29, 0.717) is 5.69 Å². The fourth-order valence-corrected chi connectivity index (χ4v) is 3.74. The highest BCUT2D eigenvalue weighted by atomic mass is 32.1. The van der Waals surface area contributed by atoms with Crippen molar-refractivity contribution in [1.82, 2.24) is 15.3 Å². The molecule has 3 N–H and O–H groups in total. The van der Waals surface area contributed by atoms with Gasteiger partial charge in [0, 0.05) is 37.8 Å². The minimum Gasteiger partial charge on any atom is -0.367 e. The Morgan fingerprint density at radius 3 is 2.66 bits per heavy atom. The van der Waals surface area contributed by atoms with Crippen LogP contribution in [0.4, 0.5) is 17.1 Å². The Bertz CT molecular complexity index is 1000. The number of carbonyl (C=O) groups is 2. The van der Waals surface area contributed by atoms with Gasteiger partial charge in [-0.15, -0.1) is 11.3 Å². The SMILES string of the molecule is O=C(Nc1ccccc1N1CCNCC1)c1csc(C(=O)Nc2cccnc2)n1. The van der Waals surface area contributed by atoms with Crippen LogP contribution in [0.15, 0.2) is 54.2 Å². The first-order valence-electron chi connectivity index (χ1n) is 9.23. The summed E-state index contributed by atoms with van der Waals surface area (Å²) in [4.78, 5) is 35.4. The van der Waals surface area contributed by atoms with Gasteiger partial charge >= 0.3 is 0 Å². The van der Waals surface area contributed by atoms with E-state index < -0.39 is 0 Å². The molecule has 0 saturated carbocycles. The Kier molecular flexibility index (Phi) is 5.78. The number of rotatable bonds is 5. The number of aromatic nitrogens is 2. The fourth-order valence-electron chi connectivity index (χ4n) is 3.05. The zero-order chi connectivity index (χ0) is 20.1. The Hall–Kier alpha value is -3.30. The molecular weight excluding hydrogens is 388 g/mol. The maximum absolute atomic E-state index is 12.7. The van der Waals surface area contributed by atoms with Crippen LogP contribution in [0.3, 0.4) is 0 Å². The normalized spacial score (nSPS) is 13.7. The molecule has 2 aromatic heterocycles. The van der Waals surface area contributed by atoms with Crippen LogP contribution in [-0.2, 0) is 0 Å². The molecule has 0 aliphatic carbocycles. The first-order chi connectivity index (χ1) is 14.2. The number of anilines is 3. The molecule has 0 bridgehead atoms. The first-order valence-corrected chi connectivity index (χ1v) is 10.1. The number of amides is 2. The van der Waals surface area contributed by atoms with Gasteiger partial charge in [-0.05, 0) is 24.3 Å². The lowest BCUT2D eigenvalue weighted by Gasteiger charge is -2.31. The molecule has 2 amide bonds. The highest BCUT2D eigenvalue weighted by molar-refractivity contribution is 7.12. The average Bonchev–Trinajstić information content (AvgIpc) is 3.26. The van der Waals surface area contributed by atoms with Crippen molar-refractivity contribution in [3.8, 4) is 0 Å². The molecular formula is C20H20N6O2S. The quantitative estimate of drug-likeness (QED) is 0.600. The van der Waals surface area contributed by atoms with E-state index in [1.165, 1.54) is 0 Å². The topological polar surface area (TPSA) is 99.2 Å². The van der Waals surface area contributed by atoms with Crippen molar-refractivity contribution in [3.05, 3.63) is 64.9 Å². The van der Waals surface area contributed by atoms with Crippen LogP contribution < -0.4 is 20.9 Å². The molecule has 3 heterocycles. The van der Waals surface area contributed by atoms with Gasteiger partial charge in [0.2, 0.25) is 0 Å². The van der Waals surface area contributed by atoms with Crippen molar-refractivity contribution in [2.45, 2.75) is 0 Å². The molecule has 1 aliphatic heterocycles. The van der Waals surface area contributed by atoms with Crippen molar-refractivity contribution in [3.63, 3.8) is 0 Å². The van der Waals surface area contributed by atoms with Gasteiger partial charge in [0.15, 0.2) is 5.01 Å². The van der Waals surface area contributed by atoms with Crippen molar-refractivity contribution >= 4 is 40.2 Å². The lowest BCUT2D eigenvalue weighted by Crippen LogP contribution is -2.43. The van der Waals surface area contributed by atoms with E-state index in [2.05, 4.69) is 30.8 Å². The Morgan fingerprint density at radius 2 is 1.86 bits per heavy atom. The molecule has 0 atom stereocenters. The molecule has 29 heavy (non-hydrogen) atoms. The van der Waals surface area contributed by atoms with Crippen LogP contribution in [0.5, 0.6) is 0 Å². The number of carbonyl (C=O) groups excluding carboxylic acids is 2. The highest BCUT2D eigenvalue weighted by Gasteiger charge is 2.19. The molecule has 1 saturated heterocycles. The monoisotopic (exact) mass is 408 g/mol. The maximum atomic E-state index is 12.7. The molecule has 1 fully saturated rings. The maximum Gasteiger partial charge on any atom is 0.284 e. The van der Waals surface area contributed by atoms with Crippen molar-refractivity contribution in [2.75, 3.05) is 41.7 Å². The zero-order valence-corrected chi connectivity index (χ0v) is 16.4. The lowest BCUT2D eigenvalue weighted by atomic mass is 10.2. The summed E-state index contributed by atoms with van der Waals surface area (Å²) >= 11 is 1.12. The van der Waals surface area contributed by atoms with Gasteiger partial charge < -0.3 is 20.9 Å². The van der Waals surface area contributed by atoms with Crippen LogP contribution >= 0.6 is 11.3 Å². The number of nitrogens with zero attached hydrogens (tertiary/aromatic N) is 3. The van der Waals surface area contributed by atoms with Crippen molar-refractivity contribution in [2.24, 2.45) is 0 Å². The zero-order valence-electron chi connectivity index (χ0n) is 15.6. The van der Waals surface area contributed by atoms with Gasteiger partial charge in [0.1, 0.15) is 5.69 Å². The summed E-state index contributed by atoms with van der Waals surface area (Å²) in [7, 11) is 0. The standard InChI is InChI=1S/C20H20N6O2S/c27-18(24-15-5-1-2-6-17(15)26-10-8-21-9-11-26)16-13-29-20(25-16)19(28)23-14-4-3-7-22-12-14/h1-7,12-13,21H,8-11H2,(H,23,28)(H,24,27). The summed E-state index contributed by atoms with van der Waals surface area (Å²) in [6, 6.07) is 11.2. The molecule has 148 valence electrons. The summed E-state index contributed by atoms with van der Waals surface area (Å²) < 4.78 is 0. The van der Waals surface area contributed by atoms with Crippen LogP contribution in [0.25, 0.3) is 0 Å². The Morgan fingerprint density at radius 1 is 1.03 bits per heavy atom. The number of pyridine rings is 1. The second-order valence-electron chi connectivity index (χ2n) is 6.44. The smallest absolute Gasteiger partial charge is 0.284 e. The number of piperazine rings is 1. The third-order valence-electron chi connectivity index (χ3n) is 4.46. The molecule has 0 unspecified atom stereocenters. The van der Waals surface area contributed by atoms with Crippen molar-refractivity contribution < 1.29 is 9.59 Å². The highest BCUT2D eigenvalue weighted by Crippen LogP contribution is 2.26. The Labute approximate surface area is 172 Å². The molecule has 1 aliphatic rings. The van der Waals surface area contributed by atoms with E-state index in [9.17, 15) is 9.59 Å². The van der Waals surface area contributed by atoms with Gasteiger partial charge in [-0.2, -0.15) is 0 Å². The number of hydrogen-bond donors (Lipinski definition) is 3. The molecule has 1 aromatic carbocycles. The van der Waals surface area contributed by atoms with Gasteiger partial charge in [-0.3, -0.25) is 14.6 Å².